The molecule has 0 aromatic carbocycles. The van der Waals surface area contributed by atoms with E-state index in [2.05, 4.69) is 9.97 Å². The van der Waals surface area contributed by atoms with E-state index >= 15 is 0 Å². The molecule has 2 aromatic heterocycles. The van der Waals surface area contributed by atoms with E-state index in [4.69, 9.17) is 10.2 Å². The van der Waals surface area contributed by atoms with Crippen molar-refractivity contribution in [2.45, 2.75) is 0 Å². The lowest BCUT2D eigenvalue weighted by atomic mass is 10.2. The van der Waals surface area contributed by atoms with E-state index in [0.717, 1.165) is 0 Å². The van der Waals surface area contributed by atoms with E-state index in [0.29, 0.717) is 11.1 Å². The fraction of sp³-hybridized carbons (Fsp3) is 0. The van der Waals surface area contributed by atoms with Gasteiger partial charge in [0.15, 0.2) is 0 Å². The number of H-pyrrole nitrogens is 2. The average Bonchev–Trinajstić information content (AvgIpc) is 2.86. The summed E-state index contributed by atoms with van der Waals surface area (Å²) < 4.78 is 0. The Morgan fingerprint density at radius 2 is 1.25 bits per heavy atom. The number of aromatic amines is 2. The van der Waals surface area contributed by atoms with Crippen LogP contribution in [-0.2, 0) is 0 Å². The summed E-state index contributed by atoms with van der Waals surface area (Å²) in [7, 11) is 0. The van der Waals surface area contributed by atoms with Crippen LogP contribution in [-0.4, -0.2) is 32.1 Å². The minimum absolute atomic E-state index is 0.0630. The highest BCUT2D eigenvalue weighted by molar-refractivity contribution is 5.90. The van der Waals surface area contributed by atoms with Gasteiger partial charge in [0.25, 0.3) is 0 Å². The van der Waals surface area contributed by atoms with Crippen molar-refractivity contribution in [3.8, 4) is 11.1 Å². The summed E-state index contributed by atoms with van der Waals surface area (Å²) in [4.78, 5) is 26.4. The van der Waals surface area contributed by atoms with Crippen LogP contribution < -0.4 is 0 Å². The van der Waals surface area contributed by atoms with Gasteiger partial charge in [-0.1, -0.05) is 0 Å². The van der Waals surface area contributed by atoms with E-state index in [1.165, 1.54) is 24.5 Å². The summed E-state index contributed by atoms with van der Waals surface area (Å²) in [6.45, 7) is 0. The molecule has 0 spiro atoms. The van der Waals surface area contributed by atoms with E-state index in [1.54, 1.807) is 0 Å². The summed E-state index contributed by atoms with van der Waals surface area (Å²) in [6, 6.07) is 2.88. The van der Waals surface area contributed by atoms with Gasteiger partial charge in [-0.3, -0.25) is 0 Å². The van der Waals surface area contributed by atoms with E-state index in [9.17, 15) is 9.59 Å². The van der Waals surface area contributed by atoms with Gasteiger partial charge in [0.2, 0.25) is 0 Å². The van der Waals surface area contributed by atoms with Crippen LogP contribution >= 0.6 is 0 Å². The van der Waals surface area contributed by atoms with Crippen LogP contribution in [0.4, 0.5) is 0 Å². The first-order chi connectivity index (χ1) is 7.58. The Balaban J connectivity index is 2.35. The van der Waals surface area contributed by atoms with Gasteiger partial charge in [-0.25, -0.2) is 9.59 Å². The first-order valence-corrected chi connectivity index (χ1v) is 4.41. The number of carboxylic acid groups (broad SMARTS) is 2. The lowest BCUT2D eigenvalue weighted by Crippen LogP contribution is -1.94. The molecule has 0 atom stereocenters. The highest BCUT2D eigenvalue weighted by Crippen LogP contribution is 2.21. The van der Waals surface area contributed by atoms with Gasteiger partial charge in [0, 0.05) is 23.5 Å². The van der Waals surface area contributed by atoms with Crippen molar-refractivity contribution in [2.24, 2.45) is 0 Å². The minimum Gasteiger partial charge on any atom is -0.477 e. The zero-order valence-corrected chi connectivity index (χ0v) is 8.02. The number of rotatable bonds is 3. The number of carbonyl (C=O) groups is 2. The number of aromatic nitrogens is 2. The fourth-order valence-corrected chi connectivity index (χ4v) is 1.37. The summed E-state index contributed by atoms with van der Waals surface area (Å²) in [6.07, 6.45) is 3.02. The van der Waals surface area contributed by atoms with Crippen LogP contribution in [0.5, 0.6) is 0 Å². The molecule has 2 heterocycles. The van der Waals surface area contributed by atoms with Crippen molar-refractivity contribution < 1.29 is 19.8 Å². The van der Waals surface area contributed by atoms with Gasteiger partial charge in [0.1, 0.15) is 11.4 Å². The maximum Gasteiger partial charge on any atom is 0.352 e. The van der Waals surface area contributed by atoms with Crippen LogP contribution in [0.1, 0.15) is 21.0 Å². The normalized spacial score (nSPS) is 10.2. The van der Waals surface area contributed by atoms with Crippen molar-refractivity contribution in [1.29, 1.82) is 0 Å². The van der Waals surface area contributed by atoms with Gasteiger partial charge in [-0.2, -0.15) is 0 Å². The predicted octanol–water partition coefficient (Wildman–Crippen LogP) is 1.41. The lowest BCUT2D eigenvalue weighted by molar-refractivity contribution is 0.0680. The maximum atomic E-state index is 10.6. The third kappa shape index (κ3) is 1.68. The van der Waals surface area contributed by atoms with Crippen LogP contribution in [0.3, 0.4) is 0 Å². The molecule has 4 N–H and O–H groups in total. The van der Waals surface area contributed by atoms with E-state index in [-0.39, 0.29) is 11.4 Å². The number of hydrogen-bond acceptors (Lipinski definition) is 2. The molecule has 0 saturated carbocycles. The van der Waals surface area contributed by atoms with Crippen LogP contribution in [0.2, 0.25) is 0 Å². The Morgan fingerprint density at radius 3 is 1.50 bits per heavy atom. The molecule has 0 fully saturated rings. The molecule has 2 aromatic rings. The Labute approximate surface area is 89.5 Å². The molecule has 0 unspecified atom stereocenters. The number of hydrogen-bond donors (Lipinski definition) is 4. The third-order valence-electron chi connectivity index (χ3n) is 2.16. The SMILES string of the molecule is O=C(O)c1cc(-c2c[nH]c(C(=O)O)c2)c[nH]1. The zero-order valence-electron chi connectivity index (χ0n) is 8.02. The Kier molecular flexibility index (Phi) is 2.24. The van der Waals surface area contributed by atoms with Crippen molar-refractivity contribution in [1.82, 2.24) is 9.97 Å². The van der Waals surface area contributed by atoms with Gasteiger partial charge in [-0.05, 0) is 12.1 Å². The predicted molar refractivity (Wildman–Crippen MR) is 54.5 cm³/mol. The first kappa shape index (κ1) is 10.0. The topological polar surface area (TPSA) is 106 Å². The zero-order chi connectivity index (χ0) is 11.7. The van der Waals surface area contributed by atoms with Crippen LogP contribution in [0.15, 0.2) is 24.5 Å². The number of carboxylic acids is 2. The second-order valence-electron chi connectivity index (χ2n) is 3.21. The molecule has 16 heavy (non-hydrogen) atoms. The Morgan fingerprint density at radius 1 is 0.875 bits per heavy atom. The monoisotopic (exact) mass is 220 g/mol. The lowest BCUT2D eigenvalue weighted by Gasteiger charge is -1.87. The first-order valence-electron chi connectivity index (χ1n) is 4.41. The number of aromatic carboxylic acids is 2. The van der Waals surface area contributed by atoms with E-state index in [1.807, 2.05) is 0 Å². The molecule has 0 bridgehead atoms. The van der Waals surface area contributed by atoms with Crippen molar-refractivity contribution in [3.63, 3.8) is 0 Å². The highest BCUT2D eigenvalue weighted by atomic mass is 16.4. The average molecular weight is 220 g/mol. The molecule has 2 rings (SSSR count). The summed E-state index contributed by atoms with van der Waals surface area (Å²) in [5.74, 6) is -2.11. The molecule has 6 nitrogen and oxygen atoms in total. The molecular formula is C10H8N2O4. The number of nitrogens with one attached hydrogen (secondary N) is 2. The molecule has 82 valence electrons. The molecule has 6 heteroatoms. The second kappa shape index (κ2) is 3.58. The molecule has 0 aliphatic heterocycles. The molecule has 0 saturated heterocycles. The van der Waals surface area contributed by atoms with Gasteiger partial charge >= 0.3 is 11.9 Å². The summed E-state index contributed by atoms with van der Waals surface area (Å²) in [5.41, 5.74) is 1.38. The standard InChI is InChI=1S/C10H8N2O4/c13-9(14)7-1-5(3-11-7)6-2-8(10(15)16)12-4-6/h1-4,11-12H,(H,13,14)(H,15,16). The highest BCUT2D eigenvalue weighted by Gasteiger charge is 2.11. The maximum absolute atomic E-state index is 10.6. The summed E-state index contributed by atoms with van der Waals surface area (Å²) >= 11 is 0. The van der Waals surface area contributed by atoms with Crippen LogP contribution in [0.25, 0.3) is 11.1 Å². The molecule has 0 aliphatic rings. The van der Waals surface area contributed by atoms with Gasteiger partial charge in [-0.15, -0.1) is 0 Å². The molecule has 0 aliphatic carbocycles. The van der Waals surface area contributed by atoms with Crippen molar-refractivity contribution >= 4 is 11.9 Å². The van der Waals surface area contributed by atoms with E-state index < -0.39 is 11.9 Å². The molecule has 0 amide bonds. The quantitative estimate of drug-likeness (QED) is 0.627. The molecular weight excluding hydrogens is 212 g/mol. The minimum atomic E-state index is -1.06. The smallest absolute Gasteiger partial charge is 0.352 e. The van der Waals surface area contributed by atoms with Gasteiger partial charge in [0.05, 0.1) is 0 Å². The fourth-order valence-electron chi connectivity index (χ4n) is 1.37. The van der Waals surface area contributed by atoms with Crippen LogP contribution in [0, 0.1) is 0 Å². The Hall–Kier alpha value is -2.50. The molecule has 0 radical (unpaired) electrons. The van der Waals surface area contributed by atoms with Crippen molar-refractivity contribution in [3.05, 3.63) is 35.9 Å². The van der Waals surface area contributed by atoms with Gasteiger partial charge < -0.3 is 20.2 Å². The third-order valence-corrected chi connectivity index (χ3v) is 2.16. The second-order valence-corrected chi connectivity index (χ2v) is 3.21. The van der Waals surface area contributed by atoms with Crippen molar-refractivity contribution in [2.75, 3.05) is 0 Å². The summed E-state index contributed by atoms with van der Waals surface area (Å²) in [5, 5.41) is 17.4. The largest absolute Gasteiger partial charge is 0.477 e. The Bertz CT molecular complexity index is 502.